The molecule has 0 bridgehead atoms. The fourth-order valence-corrected chi connectivity index (χ4v) is 8.91. The Bertz CT molecular complexity index is 686. The van der Waals surface area contributed by atoms with E-state index in [1.54, 1.807) is 0 Å². The van der Waals surface area contributed by atoms with E-state index in [0.717, 1.165) is 7.11 Å². The molecular weight excluding hydrogens is 681 g/mol. The lowest BCUT2D eigenvalue weighted by atomic mass is 10.0. The van der Waals surface area contributed by atoms with Crippen LogP contribution in [0.15, 0.2) is 0 Å². The number of unbranched alkanes of at least 4 members (excludes halogenated alkanes) is 38. The Morgan fingerprint density at radius 1 is 0.346 bits per heavy atom. The van der Waals surface area contributed by atoms with Crippen molar-refractivity contribution in [1.82, 2.24) is 0 Å². The minimum Gasteiger partial charge on any atom is -0.726 e. The minimum absolute atomic E-state index is 0.691. The molecule has 0 aromatic rings. The van der Waals surface area contributed by atoms with Crippen molar-refractivity contribution in [2.75, 3.05) is 24.9 Å². The van der Waals surface area contributed by atoms with E-state index in [4.69, 9.17) is 0 Å². The first kappa shape index (κ1) is 54.3. The molecule has 0 spiro atoms. The Morgan fingerprint density at radius 3 is 0.615 bits per heavy atom. The van der Waals surface area contributed by atoms with Gasteiger partial charge in [-0.15, -0.1) is 0 Å². The highest BCUT2D eigenvalue weighted by molar-refractivity contribution is 7.96. The lowest BCUT2D eigenvalue weighted by Gasteiger charge is -2.06. The summed E-state index contributed by atoms with van der Waals surface area (Å²) in [6, 6.07) is 0. The second-order valence-corrected chi connectivity index (χ2v) is 19.7. The van der Waals surface area contributed by atoms with Gasteiger partial charge in [-0.1, -0.05) is 245 Å². The molecule has 0 aliphatic heterocycles. The van der Waals surface area contributed by atoms with Crippen molar-refractivity contribution in [3.63, 3.8) is 0 Å². The average Bonchev–Trinajstić information content (AvgIpc) is 3.13. The van der Waals surface area contributed by atoms with E-state index in [-0.39, 0.29) is 0 Å². The smallest absolute Gasteiger partial charge is 0.217 e. The van der Waals surface area contributed by atoms with Crippen LogP contribution in [0.25, 0.3) is 0 Å². The number of hydrogen-bond acceptors (Lipinski definition) is 4. The van der Waals surface area contributed by atoms with Gasteiger partial charge in [-0.25, -0.2) is 8.42 Å². The van der Waals surface area contributed by atoms with Crippen molar-refractivity contribution in [1.29, 1.82) is 0 Å². The molecule has 0 fully saturated rings. The Kier molecular flexibility index (Phi) is 49.5. The van der Waals surface area contributed by atoms with Crippen LogP contribution in [0.5, 0.6) is 0 Å². The summed E-state index contributed by atoms with van der Waals surface area (Å²) in [6.45, 7) is 4.62. The van der Waals surface area contributed by atoms with Crippen molar-refractivity contribution >= 4 is 21.3 Å². The fraction of sp³-hybridized carbons (Fsp3) is 1.00. The van der Waals surface area contributed by atoms with Gasteiger partial charge in [0, 0.05) is 0 Å². The summed E-state index contributed by atoms with van der Waals surface area (Å²) in [6.07, 6.45) is 61.9. The molecule has 0 radical (unpaired) electrons. The van der Waals surface area contributed by atoms with Crippen LogP contribution in [0.3, 0.4) is 0 Å². The van der Waals surface area contributed by atoms with Gasteiger partial charge < -0.3 is 4.55 Å². The monoisotopic (exact) mass is 777 g/mol. The Balaban J connectivity index is 0. The van der Waals surface area contributed by atoms with Gasteiger partial charge in [0.05, 0.1) is 13.4 Å². The van der Waals surface area contributed by atoms with Crippen LogP contribution in [-0.2, 0) is 25.5 Å². The molecule has 0 aromatic carbocycles. The normalized spacial score (nSPS) is 11.7. The molecule has 6 heteroatoms. The van der Waals surface area contributed by atoms with Crippen molar-refractivity contribution in [3.8, 4) is 0 Å². The van der Waals surface area contributed by atoms with Crippen LogP contribution in [0, 0.1) is 0 Å². The lowest BCUT2D eigenvalue weighted by molar-refractivity contribution is 0.314. The van der Waals surface area contributed by atoms with Gasteiger partial charge in [-0.3, -0.25) is 4.18 Å². The van der Waals surface area contributed by atoms with E-state index < -0.39 is 10.4 Å². The Hall–Kier alpha value is 0.220. The molecule has 0 saturated heterocycles. The maximum Gasteiger partial charge on any atom is 0.217 e. The largest absolute Gasteiger partial charge is 0.726 e. The molecule has 0 saturated carbocycles. The molecule has 0 N–H and O–H groups in total. The first-order valence-electron chi connectivity index (χ1n) is 23.5. The first-order valence-corrected chi connectivity index (χ1v) is 26.8. The molecule has 0 aliphatic rings. The maximum atomic E-state index is 9.22. The molecule has 316 valence electrons. The van der Waals surface area contributed by atoms with E-state index in [9.17, 15) is 13.0 Å². The summed E-state index contributed by atoms with van der Waals surface area (Å²) in [7, 11) is -2.91. The van der Waals surface area contributed by atoms with Crippen molar-refractivity contribution in [3.05, 3.63) is 0 Å². The second-order valence-electron chi connectivity index (χ2n) is 16.2. The summed E-state index contributed by atoms with van der Waals surface area (Å²) in [5.74, 6) is 3.02. The maximum absolute atomic E-state index is 9.22. The van der Waals surface area contributed by atoms with E-state index >= 15 is 0 Å². The number of rotatable bonds is 43. The quantitative estimate of drug-likeness (QED) is 0.0268. The average molecular weight is 777 g/mol. The van der Waals surface area contributed by atoms with Gasteiger partial charge >= 0.3 is 0 Å². The summed E-state index contributed by atoms with van der Waals surface area (Å²) < 4.78 is 31.0. The first-order chi connectivity index (χ1) is 25.4. The Labute approximate surface area is 332 Å². The van der Waals surface area contributed by atoms with E-state index in [1.165, 1.54) is 268 Å². The van der Waals surface area contributed by atoms with Crippen LogP contribution in [0.2, 0.25) is 0 Å². The van der Waals surface area contributed by atoms with Crippen LogP contribution in [0.1, 0.15) is 271 Å². The van der Waals surface area contributed by atoms with Crippen molar-refractivity contribution < 1.29 is 17.2 Å². The zero-order valence-corrected chi connectivity index (χ0v) is 37.8. The predicted molar refractivity (Wildman–Crippen MR) is 236 cm³/mol. The minimum atomic E-state index is -4.41. The van der Waals surface area contributed by atoms with Crippen LogP contribution >= 0.6 is 0 Å². The van der Waals surface area contributed by atoms with E-state index in [2.05, 4.69) is 24.3 Å². The molecule has 0 atom stereocenters. The predicted octanol–water partition coefficient (Wildman–Crippen LogP) is 16.0. The standard InChI is InChI=1S/C45H93S.CH4O4S/c1-4-6-8-10-12-14-16-18-20-22-24-26-28-30-32-34-36-38-40-42-44-46(3)45-43-41-39-37-35-33-31-29-27-25-23-21-19-17-15-13-11-9-7-5-2;1-5-6(2,3)4/h4-45H2,1-3H3;1H3,(H,2,3,4)/q+1;/p-1. The van der Waals surface area contributed by atoms with Gasteiger partial charge in [-0.05, 0) is 36.6 Å². The number of hydrogen-bond donors (Lipinski definition) is 0. The highest BCUT2D eigenvalue weighted by Gasteiger charge is 2.09. The molecule has 0 rings (SSSR count). The zero-order chi connectivity index (χ0) is 38.5. The molecule has 0 amide bonds. The van der Waals surface area contributed by atoms with Crippen LogP contribution in [-0.4, -0.2) is 37.8 Å². The third-order valence-electron chi connectivity index (χ3n) is 10.9. The summed E-state index contributed by atoms with van der Waals surface area (Å²) in [5.41, 5.74) is 0. The van der Waals surface area contributed by atoms with Gasteiger partial charge in [0.2, 0.25) is 10.4 Å². The molecule has 0 aliphatic carbocycles. The summed E-state index contributed by atoms with van der Waals surface area (Å²) in [5, 5.41) is 0. The lowest BCUT2D eigenvalue weighted by Crippen LogP contribution is -2.10. The molecule has 52 heavy (non-hydrogen) atoms. The van der Waals surface area contributed by atoms with E-state index in [1.807, 2.05) is 0 Å². The SMILES string of the molecule is CCCCCCCCCCCCCCCCCCCCCC[S+](C)CCCCCCCCCCCCCCCCCCCCCC.COS(=O)(=O)[O-]. The van der Waals surface area contributed by atoms with Gasteiger partial charge in [0.15, 0.2) is 0 Å². The molecule has 0 heterocycles. The van der Waals surface area contributed by atoms with Gasteiger partial charge in [0.1, 0.15) is 11.5 Å². The fourth-order valence-electron chi connectivity index (χ4n) is 7.31. The summed E-state index contributed by atoms with van der Waals surface area (Å²) in [4.78, 5) is 0. The summed E-state index contributed by atoms with van der Waals surface area (Å²) >= 11 is 0. The third-order valence-corrected chi connectivity index (χ3v) is 13.3. The van der Waals surface area contributed by atoms with E-state index in [0.29, 0.717) is 10.9 Å². The molecule has 4 nitrogen and oxygen atoms in total. The zero-order valence-electron chi connectivity index (χ0n) is 36.1. The highest BCUT2D eigenvalue weighted by Crippen LogP contribution is 2.17. The molecule has 0 aromatic heterocycles. The Morgan fingerprint density at radius 2 is 0.481 bits per heavy atom. The van der Waals surface area contributed by atoms with Crippen LogP contribution in [0.4, 0.5) is 0 Å². The van der Waals surface area contributed by atoms with Crippen LogP contribution < -0.4 is 0 Å². The highest BCUT2D eigenvalue weighted by atomic mass is 32.3. The molecule has 0 unspecified atom stereocenters. The topological polar surface area (TPSA) is 66.4 Å². The van der Waals surface area contributed by atoms with Gasteiger partial charge in [-0.2, -0.15) is 0 Å². The van der Waals surface area contributed by atoms with Crippen molar-refractivity contribution in [2.24, 2.45) is 0 Å². The second kappa shape index (κ2) is 47.4. The van der Waals surface area contributed by atoms with Gasteiger partial charge in [0.25, 0.3) is 0 Å². The molecular formula is C46H96O4S2. The third kappa shape index (κ3) is 54.6. The van der Waals surface area contributed by atoms with Crippen molar-refractivity contribution in [2.45, 2.75) is 271 Å².